The summed E-state index contributed by atoms with van der Waals surface area (Å²) in [5, 5.41) is 2.13. The number of likely N-dealkylation sites (tertiary alicyclic amines) is 1. The minimum absolute atomic E-state index is 0.267. The molecule has 0 N–H and O–H groups in total. The number of nitrogens with zero attached hydrogens (tertiary/aromatic N) is 1. The van der Waals surface area contributed by atoms with Crippen molar-refractivity contribution in [3.63, 3.8) is 0 Å². The quantitative estimate of drug-likeness (QED) is 0.818. The summed E-state index contributed by atoms with van der Waals surface area (Å²) >= 11 is 1.81. The third kappa shape index (κ3) is 3.22. The van der Waals surface area contributed by atoms with Gasteiger partial charge in [-0.05, 0) is 48.5 Å². The van der Waals surface area contributed by atoms with Crippen LogP contribution in [0.5, 0.6) is 5.75 Å². The predicted molar refractivity (Wildman–Crippen MR) is 84.5 cm³/mol. The van der Waals surface area contributed by atoms with Gasteiger partial charge < -0.3 is 4.74 Å². The van der Waals surface area contributed by atoms with Crippen molar-refractivity contribution in [3.8, 4) is 5.75 Å². The molecule has 1 aliphatic rings. The van der Waals surface area contributed by atoms with Crippen molar-refractivity contribution in [2.45, 2.75) is 32.4 Å². The molecule has 0 aliphatic carbocycles. The smallest absolute Gasteiger partial charge is 0.152 e. The third-order valence-electron chi connectivity index (χ3n) is 3.86. The predicted octanol–water partition coefficient (Wildman–Crippen LogP) is 4.16. The van der Waals surface area contributed by atoms with E-state index in [2.05, 4.69) is 53.6 Å². The second-order valence-electron chi connectivity index (χ2n) is 5.24. The highest BCUT2D eigenvalue weighted by atomic mass is 32.1. The molecule has 1 atom stereocenters. The monoisotopic (exact) mass is 287 g/mol. The van der Waals surface area contributed by atoms with Gasteiger partial charge in [-0.2, -0.15) is 0 Å². The van der Waals surface area contributed by atoms with Gasteiger partial charge in [0, 0.05) is 17.8 Å². The van der Waals surface area contributed by atoms with Crippen LogP contribution in [-0.2, 0) is 6.42 Å². The van der Waals surface area contributed by atoms with E-state index in [0.717, 1.165) is 31.7 Å². The second-order valence-corrected chi connectivity index (χ2v) is 6.28. The van der Waals surface area contributed by atoms with Crippen molar-refractivity contribution in [1.82, 2.24) is 4.90 Å². The van der Waals surface area contributed by atoms with Crippen LogP contribution in [0.3, 0.4) is 0 Å². The molecular weight excluding hydrogens is 266 g/mol. The van der Waals surface area contributed by atoms with Gasteiger partial charge in [0.25, 0.3) is 0 Å². The van der Waals surface area contributed by atoms with Crippen LogP contribution in [0, 0.1) is 0 Å². The summed E-state index contributed by atoms with van der Waals surface area (Å²) in [4.78, 5) is 3.81. The maximum Gasteiger partial charge on any atom is 0.152 e. The Morgan fingerprint density at radius 1 is 1.25 bits per heavy atom. The van der Waals surface area contributed by atoms with E-state index in [-0.39, 0.29) is 6.23 Å². The summed E-state index contributed by atoms with van der Waals surface area (Å²) in [5.74, 6) is 0.991. The maximum atomic E-state index is 6.10. The maximum absolute atomic E-state index is 6.10. The zero-order valence-electron chi connectivity index (χ0n) is 11.9. The van der Waals surface area contributed by atoms with Crippen LogP contribution in [0.15, 0.2) is 41.8 Å². The number of rotatable bonds is 5. The van der Waals surface area contributed by atoms with Gasteiger partial charge >= 0.3 is 0 Å². The molecular formula is C17H21NOS. The molecule has 2 heterocycles. The molecule has 0 saturated carbocycles. The minimum Gasteiger partial charge on any atom is -0.475 e. The largest absolute Gasteiger partial charge is 0.475 e. The normalized spacial score (nSPS) is 19.4. The fourth-order valence-electron chi connectivity index (χ4n) is 2.75. The van der Waals surface area contributed by atoms with Crippen LogP contribution in [-0.4, -0.2) is 24.2 Å². The summed E-state index contributed by atoms with van der Waals surface area (Å²) in [7, 11) is 0. The highest BCUT2D eigenvalue weighted by molar-refractivity contribution is 7.09. The molecule has 1 aliphatic heterocycles. The van der Waals surface area contributed by atoms with E-state index in [4.69, 9.17) is 4.74 Å². The lowest BCUT2D eigenvalue weighted by molar-refractivity contribution is 0.0650. The number of benzene rings is 1. The molecule has 1 aromatic heterocycles. The van der Waals surface area contributed by atoms with Gasteiger partial charge in [0.1, 0.15) is 5.75 Å². The summed E-state index contributed by atoms with van der Waals surface area (Å²) in [6, 6.07) is 12.9. The SMILES string of the molecule is CCN1CCCC1Oc1ccc(Cc2cccs2)cc1. The van der Waals surface area contributed by atoms with Gasteiger partial charge in [0.15, 0.2) is 6.23 Å². The Labute approximate surface area is 125 Å². The lowest BCUT2D eigenvalue weighted by Crippen LogP contribution is -2.33. The standard InChI is InChI=1S/C17H21NOS/c1-2-18-11-3-6-17(18)19-15-9-7-14(8-10-15)13-16-5-4-12-20-16/h4-5,7-10,12,17H,2-3,6,11,13H2,1H3. The van der Waals surface area contributed by atoms with Crippen LogP contribution < -0.4 is 4.74 Å². The molecule has 1 unspecified atom stereocenters. The van der Waals surface area contributed by atoms with E-state index in [1.807, 2.05) is 11.3 Å². The Morgan fingerprint density at radius 2 is 2.10 bits per heavy atom. The summed E-state index contributed by atoms with van der Waals surface area (Å²) < 4.78 is 6.10. The van der Waals surface area contributed by atoms with Crippen molar-refractivity contribution in [3.05, 3.63) is 52.2 Å². The second kappa shape index (κ2) is 6.42. The van der Waals surface area contributed by atoms with Crippen LogP contribution in [0.2, 0.25) is 0 Å². The summed E-state index contributed by atoms with van der Waals surface area (Å²) in [6.07, 6.45) is 3.67. The number of hydrogen-bond acceptors (Lipinski definition) is 3. The lowest BCUT2D eigenvalue weighted by Gasteiger charge is -2.23. The number of ether oxygens (including phenoxy) is 1. The molecule has 2 nitrogen and oxygen atoms in total. The van der Waals surface area contributed by atoms with E-state index in [0.29, 0.717) is 0 Å². The number of hydrogen-bond donors (Lipinski definition) is 0. The first-order valence-electron chi connectivity index (χ1n) is 7.37. The average Bonchev–Trinajstić information content (AvgIpc) is 3.12. The number of thiophene rings is 1. The molecule has 2 aromatic rings. The molecule has 0 spiro atoms. The Balaban J connectivity index is 1.61. The van der Waals surface area contributed by atoms with E-state index in [9.17, 15) is 0 Å². The first-order chi connectivity index (χ1) is 9.85. The molecule has 1 saturated heterocycles. The Kier molecular flexibility index (Phi) is 4.38. The van der Waals surface area contributed by atoms with Gasteiger partial charge in [-0.25, -0.2) is 0 Å². The van der Waals surface area contributed by atoms with E-state index in [1.165, 1.54) is 16.9 Å². The van der Waals surface area contributed by atoms with Gasteiger partial charge in [-0.1, -0.05) is 25.1 Å². The van der Waals surface area contributed by atoms with Crippen LogP contribution in [0.4, 0.5) is 0 Å². The fourth-order valence-corrected chi connectivity index (χ4v) is 3.49. The topological polar surface area (TPSA) is 12.5 Å². The van der Waals surface area contributed by atoms with E-state index in [1.54, 1.807) is 0 Å². The summed E-state index contributed by atoms with van der Waals surface area (Å²) in [5.41, 5.74) is 1.35. The Morgan fingerprint density at radius 3 is 2.80 bits per heavy atom. The minimum atomic E-state index is 0.267. The Hall–Kier alpha value is -1.32. The highest BCUT2D eigenvalue weighted by Crippen LogP contribution is 2.23. The first-order valence-corrected chi connectivity index (χ1v) is 8.25. The summed E-state index contributed by atoms with van der Waals surface area (Å²) in [6.45, 7) is 4.44. The van der Waals surface area contributed by atoms with Crippen molar-refractivity contribution in [2.24, 2.45) is 0 Å². The molecule has 3 heteroatoms. The molecule has 20 heavy (non-hydrogen) atoms. The van der Waals surface area contributed by atoms with Gasteiger partial charge in [0.2, 0.25) is 0 Å². The molecule has 1 fully saturated rings. The molecule has 0 radical (unpaired) electrons. The molecule has 1 aromatic carbocycles. The van der Waals surface area contributed by atoms with Gasteiger partial charge in [-0.15, -0.1) is 11.3 Å². The van der Waals surface area contributed by atoms with E-state index < -0.39 is 0 Å². The van der Waals surface area contributed by atoms with Crippen LogP contribution in [0.25, 0.3) is 0 Å². The molecule has 3 rings (SSSR count). The lowest BCUT2D eigenvalue weighted by atomic mass is 10.1. The fraction of sp³-hybridized carbons (Fsp3) is 0.412. The molecule has 0 amide bonds. The molecule has 0 bridgehead atoms. The third-order valence-corrected chi connectivity index (χ3v) is 4.74. The van der Waals surface area contributed by atoms with Crippen molar-refractivity contribution < 1.29 is 4.74 Å². The van der Waals surface area contributed by atoms with Gasteiger partial charge in [0.05, 0.1) is 0 Å². The van der Waals surface area contributed by atoms with Crippen molar-refractivity contribution >= 4 is 11.3 Å². The van der Waals surface area contributed by atoms with Crippen molar-refractivity contribution in [2.75, 3.05) is 13.1 Å². The Bertz CT molecular complexity index is 520. The van der Waals surface area contributed by atoms with Crippen molar-refractivity contribution in [1.29, 1.82) is 0 Å². The van der Waals surface area contributed by atoms with Crippen LogP contribution >= 0.6 is 11.3 Å². The molecule has 106 valence electrons. The van der Waals surface area contributed by atoms with Gasteiger partial charge in [-0.3, -0.25) is 4.90 Å². The van der Waals surface area contributed by atoms with Crippen LogP contribution in [0.1, 0.15) is 30.2 Å². The van der Waals surface area contributed by atoms with E-state index >= 15 is 0 Å². The zero-order chi connectivity index (χ0) is 13.8. The average molecular weight is 287 g/mol. The highest BCUT2D eigenvalue weighted by Gasteiger charge is 2.24. The zero-order valence-corrected chi connectivity index (χ0v) is 12.7. The first kappa shape index (κ1) is 13.7.